The number of guanidine groups is 1. The van der Waals surface area contributed by atoms with Crippen LogP contribution in [-0.2, 0) is 4.74 Å². The Morgan fingerprint density at radius 2 is 1.36 bits per heavy atom. The number of amides is 1. The van der Waals surface area contributed by atoms with Crippen LogP contribution in [0, 0.1) is 0 Å². The van der Waals surface area contributed by atoms with Crippen LogP contribution in [0.15, 0.2) is 63.8 Å². The molecule has 0 aliphatic rings. The van der Waals surface area contributed by atoms with Gasteiger partial charge in [-0.15, -0.1) is 48.1 Å². The molecule has 194 valence electrons. The molecule has 0 aliphatic carbocycles. The van der Waals surface area contributed by atoms with E-state index in [2.05, 4.69) is 24.8 Å². The van der Waals surface area contributed by atoms with Gasteiger partial charge in [-0.25, -0.2) is 4.79 Å². The summed E-state index contributed by atoms with van der Waals surface area (Å²) >= 11 is 5.48. The van der Waals surface area contributed by atoms with Crippen molar-refractivity contribution in [3.05, 3.63) is 59.7 Å². The van der Waals surface area contributed by atoms with Gasteiger partial charge in [0, 0.05) is 0 Å². The molecule has 0 radical (unpaired) electrons. The lowest BCUT2D eigenvalue weighted by Gasteiger charge is -2.14. The number of nitrogens with two attached hydrogens (primary N) is 1. The smallest absolute Gasteiger partial charge is 0.447 e. The summed E-state index contributed by atoms with van der Waals surface area (Å²) in [4.78, 5) is 12.2. The van der Waals surface area contributed by atoms with Gasteiger partial charge in [-0.2, -0.15) is 10.2 Å². The molecule has 1 amide bonds. The van der Waals surface area contributed by atoms with Crippen LogP contribution in [0.25, 0.3) is 0 Å². The fourth-order valence-corrected chi connectivity index (χ4v) is 2.30. The van der Waals surface area contributed by atoms with Crippen LogP contribution in [0.5, 0.6) is 11.5 Å². The Hall–Kier alpha value is -4.01. The Kier molecular flexibility index (Phi) is 9.90. The van der Waals surface area contributed by atoms with E-state index in [9.17, 15) is 31.1 Å². The number of ether oxygens (including phenoxy) is 3. The van der Waals surface area contributed by atoms with Crippen molar-refractivity contribution in [2.75, 3.05) is 12.5 Å². The molecule has 2 aromatic carbocycles. The van der Waals surface area contributed by atoms with Crippen LogP contribution in [0.4, 0.5) is 31.1 Å². The summed E-state index contributed by atoms with van der Waals surface area (Å²) in [6.45, 7) is -0.196. The van der Waals surface area contributed by atoms with Crippen LogP contribution in [0.1, 0.15) is 11.1 Å². The molecule has 0 saturated carbocycles. The second-order valence-electron chi connectivity index (χ2n) is 6.30. The number of hydrogen-bond acceptors (Lipinski definition) is 7. The fourth-order valence-electron chi connectivity index (χ4n) is 2.22. The minimum Gasteiger partial charge on any atom is -0.447 e. The van der Waals surface area contributed by atoms with Crippen LogP contribution in [0.3, 0.4) is 0 Å². The molecule has 0 atom stereocenters. The lowest BCUT2D eigenvalue weighted by atomic mass is 10.2. The molecule has 2 N–H and O–H groups in total. The quantitative estimate of drug-likeness (QED) is 0.170. The Labute approximate surface area is 204 Å². The highest BCUT2D eigenvalue weighted by molar-refractivity contribution is 6.18. The minimum atomic E-state index is -4.86. The van der Waals surface area contributed by atoms with Gasteiger partial charge in [0.25, 0.3) is 0 Å². The normalized spacial score (nSPS) is 12.7. The Morgan fingerprint density at radius 1 is 0.889 bits per heavy atom. The predicted molar refractivity (Wildman–Crippen MR) is 117 cm³/mol. The molecule has 0 aromatic heterocycles. The van der Waals surface area contributed by atoms with E-state index in [-0.39, 0.29) is 18.1 Å². The highest BCUT2D eigenvalue weighted by atomic mass is 35.5. The van der Waals surface area contributed by atoms with Crippen LogP contribution < -0.4 is 15.2 Å². The zero-order valence-corrected chi connectivity index (χ0v) is 18.6. The summed E-state index contributed by atoms with van der Waals surface area (Å²) in [5.41, 5.74) is 6.31. The summed E-state index contributed by atoms with van der Waals surface area (Å²) in [5.74, 6) is -1.52. The molecule has 0 spiro atoms. The number of carbonyl (C=O) groups excluding carboxylic acids is 1. The van der Waals surface area contributed by atoms with E-state index in [1.165, 1.54) is 24.3 Å². The van der Waals surface area contributed by atoms with Crippen molar-refractivity contribution in [1.82, 2.24) is 5.01 Å². The number of halogens is 7. The number of hydrogen-bond donors (Lipinski definition) is 1. The summed E-state index contributed by atoms with van der Waals surface area (Å²) in [6.07, 6.45) is -8.59. The Morgan fingerprint density at radius 3 is 1.81 bits per heavy atom. The number of carbonyl (C=O) groups is 1. The minimum absolute atomic E-state index is 0.0345. The number of nitrogens with zero attached hydrogens (tertiary/aromatic N) is 4. The SMILES string of the molecule is NC(=NN=Cc1ccc(OC(F)(F)F)cc1)N(N=Cc1ccc(OC(F)(F)F)cc1)C(=O)OCCCl. The van der Waals surface area contributed by atoms with Crippen molar-refractivity contribution in [2.24, 2.45) is 21.0 Å². The zero-order valence-electron chi connectivity index (χ0n) is 17.8. The molecule has 9 nitrogen and oxygen atoms in total. The molecule has 16 heteroatoms. The second kappa shape index (κ2) is 12.6. The third kappa shape index (κ3) is 10.5. The van der Waals surface area contributed by atoms with Gasteiger partial charge in [0.2, 0.25) is 5.96 Å². The monoisotopic (exact) mass is 539 g/mol. The maximum absolute atomic E-state index is 12.3. The summed E-state index contributed by atoms with van der Waals surface area (Å²) in [7, 11) is 0. The maximum atomic E-state index is 12.3. The van der Waals surface area contributed by atoms with Crippen molar-refractivity contribution in [2.45, 2.75) is 12.7 Å². The summed E-state index contributed by atoms with van der Waals surface area (Å²) < 4.78 is 85.8. The predicted octanol–water partition coefficient (Wildman–Crippen LogP) is 4.84. The highest BCUT2D eigenvalue weighted by Gasteiger charge is 2.31. The van der Waals surface area contributed by atoms with E-state index in [0.29, 0.717) is 10.6 Å². The fraction of sp³-hybridized carbons (Fsp3) is 0.200. The maximum Gasteiger partial charge on any atom is 0.573 e. The molecule has 2 aromatic rings. The van der Waals surface area contributed by atoms with Crippen molar-refractivity contribution in [3.63, 3.8) is 0 Å². The van der Waals surface area contributed by atoms with Crippen LogP contribution in [0.2, 0.25) is 0 Å². The number of hydrazone groups is 1. The van der Waals surface area contributed by atoms with E-state index in [1.54, 1.807) is 0 Å². The van der Waals surface area contributed by atoms with Gasteiger partial charge in [0.05, 0.1) is 18.3 Å². The molecule has 0 unspecified atom stereocenters. The lowest BCUT2D eigenvalue weighted by Crippen LogP contribution is -2.38. The first-order valence-corrected chi connectivity index (χ1v) is 10.0. The molecule has 36 heavy (non-hydrogen) atoms. The van der Waals surface area contributed by atoms with Crippen molar-refractivity contribution in [3.8, 4) is 11.5 Å². The second-order valence-corrected chi connectivity index (χ2v) is 6.67. The largest absolute Gasteiger partial charge is 0.573 e. The van der Waals surface area contributed by atoms with Gasteiger partial charge in [-0.1, -0.05) is 0 Å². The van der Waals surface area contributed by atoms with E-state index < -0.39 is 36.3 Å². The third-order valence-electron chi connectivity index (χ3n) is 3.61. The molecule has 0 bridgehead atoms. The van der Waals surface area contributed by atoms with Crippen LogP contribution in [-0.4, -0.2) is 54.7 Å². The molecular weight excluding hydrogens is 524 g/mol. The first-order chi connectivity index (χ1) is 16.9. The van der Waals surface area contributed by atoms with Gasteiger partial charge >= 0.3 is 18.8 Å². The van der Waals surface area contributed by atoms with Gasteiger partial charge in [-0.05, 0) is 59.7 Å². The van der Waals surface area contributed by atoms with Gasteiger partial charge in [-0.3, -0.25) is 0 Å². The van der Waals surface area contributed by atoms with E-state index in [1.807, 2.05) is 0 Å². The average Bonchev–Trinajstić information content (AvgIpc) is 2.78. The van der Waals surface area contributed by atoms with Crippen molar-refractivity contribution < 1.29 is 45.3 Å². The number of alkyl halides is 7. The topological polar surface area (TPSA) is 111 Å². The summed E-state index contributed by atoms with van der Waals surface area (Å²) in [5, 5.41) is 11.5. The van der Waals surface area contributed by atoms with E-state index >= 15 is 0 Å². The third-order valence-corrected chi connectivity index (χ3v) is 3.76. The van der Waals surface area contributed by atoms with E-state index in [0.717, 1.165) is 36.7 Å². The number of benzene rings is 2. The Bertz CT molecular complexity index is 1090. The van der Waals surface area contributed by atoms with E-state index in [4.69, 9.17) is 22.1 Å². The molecule has 0 saturated heterocycles. The number of rotatable bonds is 8. The Balaban J connectivity index is 2.14. The molecule has 0 fully saturated rings. The molecule has 2 rings (SSSR count). The molecule has 0 aliphatic heterocycles. The highest BCUT2D eigenvalue weighted by Crippen LogP contribution is 2.23. The summed E-state index contributed by atoms with van der Waals surface area (Å²) in [6, 6.07) is 9.12. The zero-order chi connectivity index (χ0) is 26.8. The first kappa shape index (κ1) is 28.2. The van der Waals surface area contributed by atoms with Crippen LogP contribution >= 0.6 is 11.6 Å². The standard InChI is InChI=1S/C20H16ClF6N5O4/c21-9-10-34-18(33)32(30-12-14-3-7-16(8-4-14)36-20(25,26)27)17(28)31-29-11-13-1-5-15(6-2-13)35-19(22,23)24/h1-8,11-12H,9-10H2,(H2,28,31). The molecule has 0 heterocycles. The lowest BCUT2D eigenvalue weighted by molar-refractivity contribution is -0.275. The van der Waals surface area contributed by atoms with Gasteiger partial charge in [0.15, 0.2) is 0 Å². The van der Waals surface area contributed by atoms with Crippen molar-refractivity contribution in [1.29, 1.82) is 0 Å². The first-order valence-electron chi connectivity index (χ1n) is 9.51. The van der Waals surface area contributed by atoms with Gasteiger partial charge < -0.3 is 19.9 Å². The molecular formula is C20H16ClF6N5O4. The average molecular weight is 540 g/mol. The van der Waals surface area contributed by atoms with Gasteiger partial charge in [0.1, 0.15) is 18.1 Å². The van der Waals surface area contributed by atoms with Crippen molar-refractivity contribution >= 4 is 36.1 Å².